The summed E-state index contributed by atoms with van der Waals surface area (Å²) in [4.78, 5) is 2.46. The maximum atomic E-state index is 16.6. The molecule has 0 radical (unpaired) electrons. The number of aryl methyl sites for hydroxylation is 1. The van der Waals surface area contributed by atoms with Crippen molar-refractivity contribution < 1.29 is 8.78 Å². The molecule has 0 N–H and O–H groups in total. The zero-order valence-corrected chi connectivity index (χ0v) is 24.0. The molecule has 36 heavy (non-hydrogen) atoms. The molecule has 1 aliphatic heterocycles. The van der Waals surface area contributed by atoms with Crippen LogP contribution >= 0.6 is 0 Å². The van der Waals surface area contributed by atoms with Crippen molar-refractivity contribution in [2.24, 2.45) is 0 Å². The lowest BCUT2D eigenvalue weighted by molar-refractivity contribution is 0.283. The van der Waals surface area contributed by atoms with Gasteiger partial charge in [-0.25, -0.2) is 8.78 Å². The van der Waals surface area contributed by atoms with Crippen LogP contribution in [0.5, 0.6) is 0 Å². The molecule has 0 spiro atoms. The quantitative estimate of drug-likeness (QED) is 0.354. The third kappa shape index (κ3) is 4.66. The minimum Gasteiger partial charge on any atom is -0.366 e. The number of rotatable bonds is 8. The molecule has 0 bridgehead atoms. The Morgan fingerprint density at radius 2 is 1.42 bits per heavy atom. The summed E-state index contributed by atoms with van der Waals surface area (Å²) in [5.74, 6) is -0.678. The van der Waals surface area contributed by atoms with Crippen LogP contribution in [-0.2, 0) is 12.8 Å². The lowest BCUT2D eigenvalue weighted by Gasteiger charge is -2.36. The molecule has 2 aromatic carbocycles. The van der Waals surface area contributed by atoms with Crippen LogP contribution < -0.4 is 0 Å². The van der Waals surface area contributed by atoms with Gasteiger partial charge in [0.15, 0.2) is 0 Å². The molecule has 2 aromatic rings. The largest absolute Gasteiger partial charge is 0.366 e. The smallest absolute Gasteiger partial charge is 0.135 e. The lowest BCUT2D eigenvalue weighted by atomic mass is 9.81. The minimum absolute atomic E-state index is 0.312. The monoisotopic (exact) mass is 493 g/mol. The molecule has 1 saturated heterocycles. The third-order valence-electron chi connectivity index (χ3n) is 8.50. The highest BCUT2D eigenvalue weighted by Gasteiger charge is 2.35. The lowest BCUT2D eigenvalue weighted by Crippen LogP contribution is -2.34. The average Bonchev–Trinajstić information content (AvgIpc) is 3.29. The number of likely N-dealkylation sites (tertiary alicyclic amines) is 1. The van der Waals surface area contributed by atoms with Crippen LogP contribution in [0.4, 0.5) is 8.78 Å². The van der Waals surface area contributed by atoms with Crippen molar-refractivity contribution in [3.05, 3.63) is 69.3 Å². The topological polar surface area (TPSA) is 3.24 Å². The van der Waals surface area contributed by atoms with Crippen LogP contribution in [0.1, 0.15) is 108 Å². The summed E-state index contributed by atoms with van der Waals surface area (Å²) in [5, 5.41) is 0. The molecule has 196 valence electrons. The van der Waals surface area contributed by atoms with Crippen LogP contribution in [0.3, 0.4) is 0 Å². The summed E-state index contributed by atoms with van der Waals surface area (Å²) in [6.45, 7) is 23.1. The molecule has 0 saturated carbocycles. The fraction of sp³-hybridized carbons (Fsp3) is 0.515. The van der Waals surface area contributed by atoms with E-state index in [4.69, 9.17) is 0 Å². The zero-order valence-electron chi connectivity index (χ0n) is 24.0. The van der Waals surface area contributed by atoms with E-state index in [-0.39, 0.29) is 11.6 Å². The number of nitrogens with zero attached hydrogens (tertiary/aromatic N) is 1. The van der Waals surface area contributed by atoms with Gasteiger partial charge in [-0.2, -0.15) is 0 Å². The van der Waals surface area contributed by atoms with E-state index in [1.807, 2.05) is 34.6 Å². The molecular weight excluding hydrogens is 448 g/mol. The fourth-order valence-electron chi connectivity index (χ4n) is 6.38. The fourth-order valence-corrected chi connectivity index (χ4v) is 6.38. The Hall–Kier alpha value is -2.42. The maximum Gasteiger partial charge on any atom is 0.135 e. The van der Waals surface area contributed by atoms with Crippen LogP contribution in [0.25, 0.3) is 22.4 Å². The highest BCUT2D eigenvalue weighted by molar-refractivity contribution is 5.88. The van der Waals surface area contributed by atoms with Crippen LogP contribution in [0, 0.1) is 25.5 Å². The van der Waals surface area contributed by atoms with Gasteiger partial charge in [0.2, 0.25) is 0 Å². The zero-order chi connectivity index (χ0) is 26.9. The number of hydrogen-bond acceptors (Lipinski definition) is 1. The number of hydrogen-bond donors (Lipinski definition) is 0. The van der Waals surface area contributed by atoms with Crippen molar-refractivity contribution in [1.29, 1.82) is 0 Å². The van der Waals surface area contributed by atoms with Gasteiger partial charge >= 0.3 is 0 Å². The second-order valence-electron chi connectivity index (χ2n) is 10.6. The van der Waals surface area contributed by atoms with Crippen LogP contribution in [0.15, 0.2) is 24.3 Å². The van der Waals surface area contributed by atoms with Gasteiger partial charge in [0.05, 0.1) is 0 Å². The third-order valence-corrected chi connectivity index (χ3v) is 8.50. The first kappa shape index (κ1) is 28.2. The molecular formula is C33H45F2N. The van der Waals surface area contributed by atoms with Crippen molar-refractivity contribution in [2.45, 2.75) is 113 Å². The molecule has 1 fully saturated rings. The summed E-state index contributed by atoms with van der Waals surface area (Å²) in [6, 6.07) is 4.15. The van der Waals surface area contributed by atoms with Gasteiger partial charge in [0.25, 0.3) is 0 Å². The predicted molar refractivity (Wildman–Crippen MR) is 152 cm³/mol. The highest BCUT2D eigenvalue weighted by atomic mass is 19.1. The summed E-state index contributed by atoms with van der Waals surface area (Å²) >= 11 is 0. The van der Waals surface area contributed by atoms with Crippen molar-refractivity contribution in [2.75, 3.05) is 0 Å². The molecule has 1 nitrogen and oxygen atoms in total. The van der Waals surface area contributed by atoms with Crippen LogP contribution in [0.2, 0.25) is 0 Å². The van der Waals surface area contributed by atoms with Gasteiger partial charge in [0.1, 0.15) is 11.6 Å². The highest BCUT2D eigenvalue weighted by Crippen LogP contribution is 2.45. The van der Waals surface area contributed by atoms with Gasteiger partial charge < -0.3 is 4.90 Å². The van der Waals surface area contributed by atoms with Crippen LogP contribution in [-0.4, -0.2) is 17.0 Å². The first-order valence-electron chi connectivity index (χ1n) is 13.8. The Labute approximate surface area is 218 Å². The summed E-state index contributed by atoms with van der Waals surface area (Å²) in [7, 11) is 0. The van der Waals surface area contributed by atoms with E-state index in [1.165, 1.54) is 6.07 Å². The van der Waals surface area contributed by atoms with E-state index in [1.54, 1.807) is 6.07 Å². The Kier molecular flexibility index (Phi) is 8.85. The Bertz CT molecular complexity index is 1170. The minimum atomic E-state index is -0.366. The van der Waals surface area contributed by atoms with Gasteiger partial charge in [-0.15, -0.1) is 0 Å². The molecule has 3 rings (SSSR count). The summed E-state index contributed by atoms with van der Waals surface area (Å²) in [5.41, 5.74) is 9.18. The maximum absolute atomic E-state index is 16.6. The number of benzene rings is 2. The Balaban J connectivity index is 2.40. The van der Waals surface area contributed by atoms with E-state index in [9.17, 15) is 0 Å². The SMILES string of the molecule is C=C(c1c(C)c(F)c(-c2c(F)ccc(C)c2C(C)=C(C)C)c(CC)c1CC)N1C(CC)CCC1CC. The molecule has 0 amide bonds. The molecule has 2 unspecified atom stereocenters. The van der Waals surface area contributed by atoms with Crippen molar-refractivity contribution in [1.82, 2.24) is 4.90 Å². The van der Waals surface area contributed by atoms with Gasteiger partial charge in [-0.05, 0) is 113 Å². The standard InChI is InChI=1S/C33H45F2N/c1-11-24-16-17-25(12-2)36(24)23(10)30-22(9)33(35)31(27(14-4)26(30)13-3)32-28(34)18-15-20(7)29(32)21(8)19(5)6/h15,18,24-25H,10-14,16-17H2,1-9H3. The van der Waals surface area contributed by atoms with E-state index < -0.39 is 0 Å². The molecule has 0 aliphatic carbocycles. The summed E-state index contributed by atoms with van der Waals surface area (Å²) < 4.78 is 32.3. The average molecular weight is 494 g/mol. The Morgan fingerprint density at radius 3 is 1.89 bits per heavy atom. The van der Waals surface area contributed by atoms with E-state index in [2.05, 4.69) is 39.2 Å². The molecule has 3 heteroatoms. The van der Waals surface area contributed by atoms with E-state index >= 15 is 8.78 Å². The molecule has 0 aromatic heterocycles. The molecule has 1 heterocycles. The Morgan fingerprint density at radius 1 is 0.861 bits per heavy atom. The van der Waals surface area contributed by atoms with Gasteiger partial charge in [-0.3, -0.25) is 0 Å². The van der Waals surface area contributed by atoms with Crippen molar-refractivity contribution >= 4 is 11.3 Å². The van der Waals surface area contributed by atoms with E-state index in [0.29, 0.717) is 35.2 Å². The van der Waals surface area contributed by atoms with Crippen molar-refractivity contribution in [3.8, 4) is 11.1 Å². The van der Waals surface area contributed by atoms with Gasteiger partial charge in [-0.1, -0.05) is 45.9 Å². The first-order valence-corrected chi connectivity index (χ1v) is 13.8. The van der Waals surface area contributed by atoms with Crippen molar-refractivity contribution in [3.63, 3.8) is 0 Å². The first-order chi connectivity index (χ1) is 17.0. The normalized spacial score (nSPS) is 17.6. The summed E-state index contributed by atoms with van der Waals surface area (Å²) in [6.07, 6.45) is 5.78. The molecule has 1 aliphatic rings. The number of halogens is 2. The molecule has 2 atom stereocenters. The van der Waals surface area contributed by atoms with E-state index in [0.717, 1.165) is 76.8 Å². The second kappa shape index (κ2) is 11.3. The second-order valence-corrected chi connectivity index (χ2v) is 10.6. The number of allylic oxidation sites excluding steroid dienone is 2. The predicted octanol–water partition coefficient (Wildman–Crippen LogP) is 9.81. The van der Waals surface area contributed by atoms with Gasteiger partial charge in [0, 0.05) is 34.5 Å².